The maximum absolute atomic E-state index is 11.8. The van der Waals surface area contributed by atoms with Crippen LogP contribution in [0.25, 0.3) is 0 Å². The lowest BCUT2D eigenvalue weighted by Crippen LogP contribution is -2.55. The highest BCUT2D eigenvalue weighted by atomic mass is 16.6. The van der Waals surface area contributed by atoms with Crippen molar-refractivity contribution in [1.82, 2.24) is 4.90 Å². The van der Waals surface area contributed by atoms with Crippen LogP contribution in [0.5, 0.6) is 0 Å². The standard InChI is InChI=1S/C14H21NO4/c1-6-7-11(12(16)18-5)10-8-15(9-10)13(17)19-14(2,3)4/h1,10-11H,7-9H2,2-5H3. The van der Waals surface area contributed by atoms with Gasteiger partial charge in [-0.05, 0) is 20.8 Å². The highest BCUT2D eigenvalue weighted by Crippen LogP contribution is 2.28. The fourth-order valence-corrected chi connectivity index (χ4v) is 1.96. The molecule has 5 heteroatoms. The van der Waals surface area contributed by atoms with Crippen molar-refractivity contribution in [1.29, 1.82) is 0 Å². The zero-order valence-electron chi connectivity index (χ0n) is 11.9. The Labute approximate surface area is 114 Å². The summed E-state index contributed by atoms with van der Waals surface area (Å²) >= 11 is 0. The van der Waals surface area contributed by atoms with Gasteiger partial charge in [-0.15, -0.1) is 12.3 Å². The highest BCUT2D eigenvalue weighted by molar-refractivity contribution is 5.74. The topological polar surface area (TPSA) is 55.8 Å². The first-order valence-corrected chi connectivity index (χ1v) is 6.27. The number of carbonyl (C=O) groups is 2. The number of terminal acetylenes is 1. The van der Waals surface area contributed by atoms with Gasteiger partial charge in [0.1, 0.15) is 5.60 Å². The van der Waals surface area contributed by atoms with Crippen LogP contribution in [0.2, 0.25) is 0 Å². The molecule has 19 heavy (non-hydrogen) atoms. The Hall–Kier alpha value is -1.70. The molecule has 1 fully saturated rings. The summed E-state index contributed by atoms with van der Waals surface area (Å²) in [6.45, 7) is 6.42. The number of likely N-dealkylation sites (tertiary alicyclic amines) is 1. The fraction of sp³-hybridized carbons (Fsp3) is 0.714. The molecule has 1 rings (SSSR count). The Bertz CT molecular complexity index is 385. The van der Waals surface area contributed by atoms with Crippen molar-refractivity contribution < 1.29 is 19.1 Å². The van der Waals surface area contributed by atoms with E-state index in [1.54, 1.807) is 4.90 Å². The predicted octanol–water partition coefficient (Wildman–Crippen LogP) is 1.67. The van der Waals surface area contributed by atoms with E-state index < -0.39 is 5.60 Å². The fourth-order valence-electron chi connectivity index (χ4n) is 1.96. The lowest BCUT2D eigenvalue weighted by molar-refractivity contribution is -0.149. The molecule has 0 spiro atoms. The third kappa shape index (κ3) is 4.16. The molecule has 1 amide bonds. The van der Waals surface area contributed by atoms with E-state index in [0.29, 0.717) is 19.5 Å². The van der Waals surface area contributed by atoms with Crippen LogP contribution in [-0.4, -0.2) is 42.8 Å². The van der Waals surface area contributed by atoms with Crippen LogP contribution < -0.4 is 0 Å². The Kier molecular flexibility index (Phi) is 4.82. The van der Waals surface area contributed by atoms with E-state index in [2.05, 4.69) is 5.92 Å². The zero-order chi connectivity index (χ0) is 14.6. The van der Waals surface area contributed by atoms with Gasteiger partial charge < -0.3 is 14.4 Å². The smallest absolute Gasteiger partial charge is 0.410 e. The third-order valence-electron chi connectivity index (χ3n) is 2.97. The average molecular weight is 267 g/mol. The molecule has 1 saturated heterocycles. The maximum Gasteiger partial charge on any atom is 0.410 e. The first kappa shape index (κ1) is 15.4. The lowest BCUT2D eigenvalue weighted by Gasteiger charge is -2.42. The van der Waals surface area contributed by atoms with Gasteiger partial charge in [0.05, 0.1) is 13.0 Å². The summed E-state index contributed by atoms with van der Waals surface area (Å²) in [5.74, 6) is 1.88. The van der Waals surface area contributed by atoms with Crippen molar-refractivity contribution in [2.45, 2.75) is 32.8 Å². The number of amides is 1. The monoisotopic (exact) mass is 267 g/mol. The number of esters is 1. The molecule has 0 aromatic rings. The van der Waals surface area contributed by atoms with Crippen molar-refractivity contribution in [2.24, 2.45) is 11.8 Å². The molecule has 0 radical (unpaired) electrons. The van der Waals surface area contributed by atoms with Gasteiger partial charge in [0, 0.05) is 25.4 Å². The number of ether oxygens (including phenoxy) is 2. The normalized spacial score (nSPS) is 17.1. The Morgan fingerprint density at radius 3 is 2.42 bits per heavy atom. The van der Waals surface area contributed by atoms with Crippen LogP contribution in [0.1, 0.15) is 27.2 Å². The van der Waals surface area contributed by atoms with Crippen molar-refractivity contribution in [3.05, 3.63) is 0 Å². The highest BCUT2D eigenvalue weighted by Gasteiger charge is 2.41. The Morgan fingerprint density at radius 1 is 1.42 bits per heavy atom. The Balaban J connectivity index is 2.49. The molecule has 1 heterocycles. The number of hydrogen-bond acceptors (Lipinski definition) is 4. The van der Waals surface area contributed by atoms with Crippen molar-refractivity contribution in [3.8, 4) is 12.3 Å². The van der Waals surface area contributed by atoms with E-state index in [1.807, 2.05) is 20.8 Å². The van der Waals surface area contributed by atoms with Gasteiger partial charge in [-0.25, -0.2) is 4.79 Å². The van der Waals surface area contributed by atoms with Gasteiger partial charge in [-0.3, -0.25) is 4.79 Å². The second-order valence-corrected chi connectivity index (χ2v) is 5.68. The minimum Gasteiger partial charge on any atom is -0.469 e. The summed E-state index contributed by atoms with van der Waals surface area (Å²) < 4.78 is 9.98. The van der Waals surface area contributed by atoms with E-state index in [-0.39, 0.29) is 23.9 Å². The van der Waals surface area contributed by atoms with E-state index in [1.165, 1.54) is 7.11 Å². The summed E-state index contributed by atoms with van der Waals surface area (Å²) in [5.41, 5.74) is -0.511. The SMILES string of the molecule is C#CCC(C(=O)OC)C1CN(C(=O)OC(C)(C)C)C1. The summed E-state index contributed by atoms with van der Waals surface area (Å²) in [6, 6.07) is 0. The quantitative estimate of drug-likeness (QED) is 0.576. The van der Waals surface area contributed by atoms with Gasteiger partial charge in [-0.2, -0.15) is 0 Å². The van der Waals surface area contributed by atoms with Gasteiger partial charge in [-0.1, -0.05) is 0 Å². The van der Waals surface area contributed by atoms with E-state index >= 15 is 0 Å². The first-order valence-electron chi connectivity index (χ1n) is 6.27. The van der Waals surface area contributed by atoms with Gasteiger partial charge >= 0.3 is 12.1 Å². The maximum atomic E-state index is 11.8. The van der Waals surface area contributed by atoms with Gasteiger partial charge in [0.2, 0.25) is 0 Å². The van der Waals surface area contributed by atoms with Crippen molar-refractivity contribution in [2.75, 3.05) is 20.2 Å². The second-order valence-electron chi connectivity index (χ2n) is 5.68. The van der Waals surface area contributed by atoms with Crippen LogP contribution in [0.4, 0.5) is 4.79 Å². The summed E-state index contributed by atoms with van der Waals surface area (Å²) in [6.07, 6.45) is 5.23. The third-order valence-corrected chi connectivity index (χ3v) is 2.97. The van der Waals surface area contributed by atoms with Gasteiger partial charge in [0.15, 0.2) is 0 Å². The van der Waals surface area contributed by atoms with Crippen LogP contribution in [0, 0.1) is 24.2 Å². The summed E-state index contributed by atoms with van der Waals surface area (Å²) in [4.78, 5) is 24.9. The van der Waals surface area contributed by atoms with Crippen LogP contribution in [0.15, 0.2) is 0 Å². The number of methoxy groups -OCH3 is 1. The molecule has 0 aromatic carbocycles. The molecule has 1 aliphatic heterocycles. The number of nitrogens with zero attached hydrogens (tertiary/aromatic N) is 1. The second kappa shape index (κ2) is 5.96. The van der Waals surface area contributed by atoms with Crippen molar-refractivity contribution >= 4 is 12.1 Å². The van der Waals surface area contributed by atoms with Crippen molar-refractivity contribution in [3.63, 3.8) is 0 Å². The number of rotatable bonds is 3. The largest absolute Gasteiger partial charge is 0.469 e. The minimum atomic E-state index is -0.511. The molecule has 1 atom stereocenters. The summed E-state index contributed by atoms with van der Waals surface area (Å²) in [7, 11) is 1.34. The molecule has 0 aromatic heterocycles. The molecule has 0 N–H and O–H groups in total. The molecular weight excluding hydrogens is 246 g/mol. The summed E-state index contributed by atoms with van der Waals surface area (Å²) in [5, 5.41) is 0. The lowest BCUT2D eigenvalue weighted by atomic mass is 9.84. The number of hydrogen-bond donors (Lipinski definition) is 0. The molecule has 0 saturated carbocycles. The Morgan fingerprint density at radius 2 is 2.00 bits per heavy atom. The molecule has 0 aliphatic carbocycles. The van der Waals surface area contributed by atoms with E-state index in [9.17, 15) is 9.59 Å². The molecule has 5 nitrogen and oxygen atoms in total. The molecule has 1 unspecified atom stereocenters. The number of carbonyl (C=O) groups excluding carboxylic acids is 2. The van der Waals surface area contributed by atoms with E-state index in [4.69, 9.17) is 15.9 Å². The van der Waals surface area contributed by atoms with Crippen LogP contribution >= 0.6 is 0 Å². The van der Waals surface area contributed by atoms with Crippen LogP contribution in [-0.2, 0) is 14.3 Å². The minimum absolute atomic E-state index is 0.0519. The predicted molar refractivity (Wildman–Crippen MR) is 70.3 cm³/mol. The first-order chi connectivity index (χ1) is 8.78. The molecule has 106 valence electrons. The van der Waals surface area contributed by atoms with Gasteiger partial charge in [0.25, 0.3) is 0 Å². The average Bonchev–Trinajstić information content (AvgIpc) is 2.22. The van der Waals surface area contributed by atoms with Crippen LogP contribution in [0.3, 0.4) is 0 Å². The van der Waals surface area contributed by atoms with E-state index in [0.717, 1.165) is 0 Å². The zero-order valence-corrected chi connectivity index (χ0v) is 11.9. The molecular formula is C14H21NO4. The molecule has 0 bridgehead atoms. The molecule has 1 aliphatic rings.